The van der Waals surface area contributed by atoms with Crippen molar-refractivity contribution in [2.45, 2.75) is 65.2 Å². The molecule has 1 N–H and O–H groups in total. The molecule has 1 aromatic heterocycles. The second-order valence-electron chi connectivity index (χ2n) is 11.0. The van der Waals surface area contributed by atoms with Gasteiger partial charge in [0, 0.05) is 32.1 Å². The standard InChI is InChI=1S/C31H32N2O4/c1-19-9-11-22(12-10-19)32-24-15-21(20-7-5-4-6-8-20)16-26(35)29(24)25(34)14-13-23-30-27(36)17-31(2,3)18-28(30)37-33-23/h4-12,21,34H,13-18H2,1-3H3/b29-25+,32-24?. The van der Waals surface area contributed by atoms with E-state index >= 15 is 0 Å². The molecular weight excluding hydrogens is 464 g/mol. The number of ketones is 2. The van der Waals surface area contributed by atoms with E-state index in [2.05, 4.69) is 5.16 Å². The van der Waals surface area contributed by atoms with E-state index in [1.54, 1.807) is 0 Å². The van der Waals surface area contributed by atoms with Crippen LogP contribution in [0.4, 0.5) is 5.69 Å². The van der Waals surface area contributed by atoms with E-state index in [0.717, 1.165) is 16.8 Å². The van der Waals surface area contributed by atoms with Gasteiger partial charge in [0.25, 0.3) is 0 Å². The van der Waals surface area contributed by atoms with Crippen LogP contribution in [0.5, 0.6) is 0 Å². The van der Waals surface area contributed by atoms with Crippen LogP contribution in [0.1, 0.15) is 78.4 Å². The Labute approximate surface area is 217 Å². The summed E-state index contributed by atoms with van der Waals surface area (Å²) < 4.78 is 5.51. The van der Waals surface area contributed by atoms with E-state index in [-0.39, 0.29) is 40.7 Å². The van der Waals surface area contributed by atoms with Crippen molar-refractivity contribution in [1.82, 2.24) is 5.16 Å². The lowest BCUT2D eigenvalue weighted by Crippen LogP contribution is -2.27. The van der Waals surface area contributed by atoms with Crippen LogP contribution >= 0.6 is 0 Å². The van der Waals surface area contributed by atoms with Crippen molar-refractivity contribution >= 4 is 23.0 Å². The number of aryl methyl sites for hydroxylation is 2. The number of carbonyl (C=O) groups is 2. The van der Waals surface area contributed by atoms with Gasteiger partial charge in [0.15, 0.2) is 11.6 Å². The first-order chi connectivity index (χ1) is 17.7. The molecule has 1 atom stereocenters. The number of aliphatic hydroxyl groups is 1. The maximum absolute atomic E-state index is 13.4. The average molecular weight is 497 g/mol. The molecule has 0 spiro atoms. The topological polar surface area (TPSA) is 92.8 Å². The highest BCUT2D eigenvalue weighted by molar-refractivity contribution is 6.25. The van der Waals surface area contributed by atoms with Gasteiger partial charge >= 0.3 is 0 Å². The van der Waals surface area contributed by atoms with Gasteiger partial charge in [-0.3, -0.25) is 14.6 Å². The van der Waals surface area contributed by atoms with Gasteiger partial charge in [-0.05, 0) is 42.4 Å². The lowest BCUT2D eigenvalue weighted by atomic mass is 9.76. The van der Waals surface area contributed by atoms with Gasteiger partial charge in [-0.25, -0.2) is 0 Å². The van der Waals surface area contributed by atoms with E-state index in [1.165, 1.54) is 0 Å². The summed E-state index contributed by atoms with van der Waals surface area (Å²) in [5.74, 6) is 0.504. The van der Waals surface area contributed by atoms with Crippen LogP contribution in [0, 0.1) is 12.3 Å². The van der Waals surface area contributed by atoms with Crippen molar-refractivity contribution in [3.63, 3.8) is 0 Å². The zero-order valence-corrected chi connectivity index (χ0v) is 21.6. The van der Waals surface area contributed by atoms with E-state index in [1.807, 2.05) is 75.4 Å². The quantitative estimate of drug-likeness (QED) is 0.310. The summed E-state index contributed by atoms with van der Waals surface area (Å²) in [6, 6.07) is 17.8. The predicted molar refractivity (Wildman–Crippen MR) is 143 cm³/mol. The van der Waals surface area contributed by atoms with E-state index < -0.39 is 0 Å². The monoisotopic (exact) mass is 496 g/mol. The number of hydrogen-bond donors (Lipinski definition) is 1. The van der Waals surface area contributed by atoms with E-state index in [0.29, 0.717) is 54.8 Å². The highest BCUT2D eigenvalue weighted by atomic mass is 16.5. The molecule has 1 fully saturated rings. The molecule has 6 heteroatoms. The zero-order chi connectivity index (χ0) is 26.2. The first-order valence-electron chi connectivity index (χ1n) is 12.9. The molecule has 2 aliphatic rings. The zero-order valence-electron chi connectivity index (χ0n) is 21.6. The SMILES string of the molecule is Cc1ccc(N=C2CC(c3ccccc3)CC(=O)/C2=C(/O)CCc2noc3c2C(=O)CC(C)(C)C3)cc1. The Hall–Kier alpha value is -3.80. The summed E-state index contributed by atoms with van der Waals surface area (Å²) in [4.78, 5) is 31.0. The lowest BCUT2D eigenvalue weighted by molar-refractivity contribution is -0.116. The van der Waals surface area contributed by atoms with Crippen molar-refractivity contribution in [2.75, 3.05) is 0 Å². The Morgan fingerprint density at radius 1 is 1.03 bits per heavy atom. The Bertz CT molecular complexity index is 1390. The van der Waals surface area contributed by atoms with Gasteiger partial charge in [0.05, 0.1) is 28.2 Å². The fraction of sp³-hybridized carbons (Fsp3) is 0.355. The number of fused-ring (bicyclic) bond motifs is 1. The smallest absolute Gasteiger partial charge is 0.168 e. The molecule has 1 unspecified atom stereocenters. The summed E-state index contributed by atoms with van der Waals surface area (Å²) >= 11 is 0. The van der Waals surface area contributed by atoms with Gasteiger partial charge in [0.2, 0.25) is 0 Å². The molecule has 0 saturated heterocycles. The largest absolute Gasteiger partial charge is 0.511 e. The van der Waals surface area contributed by atoms with E-state index in [9.17, 15) is 14.7 Å². The normalized spacial score (nSPS) is 21.7. The van der Waals surface area contributed by atoms with Crippen LogP contribution < -0.4 is 0 Å². The molecule has 190 valence electrons. The Morgan fingerprint density at radius 2 is 1.76 bits per heavy atom. The molecule has 1 heterocycles. The second kappa shape index (κ2) is 9.92. The highest BCUT2D eigenvalue weighted by Crippen LogP contribution is 2.38. The van der Waals surface area contributed by atoms with Crippen molar-refractivity contribution in [2.24, 2.45) is 10.4 Å². The molecule has 0 radical (unpaired) electrons. The summed E-state index contributed by atoms with van der Waals surface area (Å²) in [7, 11) is 0. The molecule has 0 aliphatic heterocycles. The molecule has 2 aromatic carbocycles. The molecule has 2 aliphatic carbocycles. The van der Waals surface area contributed by atoms with Crippen LogP contribution in [0.25, 0.3) is 0 Å². The van der Waals surface area contributed by atoms with Gasteiger partial charge in [-0.2, -0.15) is 0 Å². The number of aliphatic imine (C=N–C) groups is 1. The average Bonchev–Trinajstić information content (AvgIpc) is 3.26. The molecule has 5 rings (SSSR count). The summed E-state index contributed by atoms with van der Waals surface area (Å²) in [6.07, 6.45) is 2.45. The third kappa shape index (κ3) is 5.33. The molecule has 6 nitrogen and oxygen atoms in total. The van der Waals surface area contributed by atoms with Crippen LogP contribution in [0.3, 0.4) is 0 Å². The first kappa shape index (κ1) is 24.9. The van der Waals surface area contributed by atoms with Crippen LogP contribution in [-0.2, 0) is 17.6 Å². The van der Waals surface area contributed by atoms with Crippen molar-refractivity contribution in [1.29, 1.82) is 0 Å². The van der Waals surface area contributed by atoms with E-state index in [4.69, 9.17) is 9.52 Å². The minimum Gasteiger partial charge on any atom is -0.511 e. The minimum absolute atomic E-state index is 0.00187. The van der Waals surface area contributed by atoms with Crippen LogP contribution in [-0.4, -0.2) is 27.5 Å². The number of rotatable bonds is 5. The number of allylic oxidation sites excluding steroid dienone is 2. The molecule has 0 bridgehead atoms. The predicted octanol–water partition coefficient (Wildman–Crippen LogP) is 6.80. The number of nitrogens with zero attached hydrogens (tertiary/aromatic N) is 2. The fourth-order valence-corrected chi connectivity index (χ4v) is 5.41. The Balaban J connectivity index is 1.45. The Morgan fingerprint density at radius 3 is 2.49 bits per heavy atom. The molecule has 0 amide bonds. The number of Topliss-reactive ketones (excluding diaryl/α,β-unsaturated/α-hetero) is 2. The Kier molecular flexibility index (Phi) is 6.67. The number of aromatic nitrogens is 1. The maximum Gasteiger partial charge on any atom is 0.168 e. The van der Waals surface area contributed by atoms with Gasteiger partial charge in [0.1, 0.15) is 11.5 Å². The van der Waals surface area contributed by atoms with Gasteiger partial charge < -0.3 is 9.63 Å². The second-order valence-corrected chi connectivity index (χ2v) is 11.0. The number of carbonyl (C=O) groups excluding carboxylic acids is 2. The fourth-order valence-electron chi connectivity index (χ4n) is 5.41. The van der Waals surface area contributed by atoms with Gasteiger partial charge in [-0.1, -0.05) is 67.0 Å². The van der Waals surface area contributed by atoms with Crippen molar-refractivity contribution in [3.05, 3.63) is 94.1 Å². The third-order valence-electron chi connectivity index (χ3n) is 7.29. The van der Waals surface area contributed by atoms with Crippen LogP contribution in [0.15, 0.2) is 75.4 Å². The summed E-state index contributed by atoms with van der Waals surface area (Å²) in [5.41, 5.74) is 4.76. The lowest BCUT2D eigenvalue weighted by Gasteiger charge is -2.27. The summed E-state index contributed by atoms with van der Waals surface area (Å²) in [6.45, 7) is 6.09. The molecule has 3 aromatic rings. The maximum atomic E-state index is 13.4. The molecule has 37 heavy (non-hydrogen) atoms. The third-order valence-corrected chi connectivity index (χ3v) is 7.29. The minimum atomic E-state index is -0.157. The number of benzene rings is 2. The number of aliphatic hydroxyl groups excluding tert-OH is 1. The first-order valence-corrected chi connectivity index (χ1v) is 12.9. The van der Waals surface area contributed by atoms with Crippen LogP contribution in [0.2, 0.25) is 0 Å². The number of hydrogen-bond acceptors (Lipinski definition) is 6. The van der Waals surface area contributed by atoms with Crippen molar-refractivity contribution < 1.29 is 19.2 Å². The highest BCUT2D eigenvalue weighted by Gasteiger charge is 2.37. The van der Waals surface area contributed by atoms with Gasteiger partial charge in [-0.15, -0.1) is 0 Å². The summed E-state index contributed by atoms with van der Waals surface area (Å²) in [5, 5.41) is 15.3. The molecular formula is C31H32N2O4. The molecule has 1 saturated carbocycles. The van der Waals surface area contributed by atoms with Crippen molar-refractivity contribution in [3.8, 4) is 0 Å².